The second kappa shape index (κ2) is 7.04. The third-order valence-corrected chi connectivity index (χ3v) is 1.90. The first-order chi connectivity index (χ1) is 7.41. The van der Waals surface area contributed by atoms with Gasteiger partial charge in [-0.05, 0) is 11.6 Å². The molecule has 0 heterocycles. The van der Waals surface area contributed by atoms with E-state index in [1.165, 1.54) is 0 Å². The molecule has 2 atom stereocenters. The van der Waals surface area contributed by atoms with Crippen molar-refractivity contribution in [2.45, 2.75) is 12.2 Å². The van der Waals surface area contributed by atoms with Gasteiger partial charge in [0, 0.05) is 0 Å². The summed E-state index contributed by atoms with van der Waals surface area (Å²) < 4.78 is 4.72. The van der Waals surface area contributed by atoms with Crippen molar-refractivity contribution in [3.8, 4) is 0 Å². The van der Waals surface area contributed by atoms with Gasteiger partial charge >= 0.3 is 48.9 Å². The van der Waals surface area contributed by atoms with E-state index in [1.807, 2.05) is 0 Å². The number of carboxylic acids is 2. The quantitative estimate of drug-likeness (QED) is 0.322. The molecule has 1 N–H and O–H groups in total. The molecule has 86 valence electrons. The molecule has 1 aliphatic carbocycles. The van der Waals surface area contributed by atoms with Crippen molar-refractivity contribution in [1.82, 2.24) is 0 Å². The van der Waals surface area contributed by atoms with E-state index in [9.17, 15) is 24.9 Å². The van der Waals surface area contributed by atoms with Gasteiger partial charge in [0.1, 0.15) is 23.9 Å². The molecular weight excluding hydrogens is 353 g/mol. The van der Waals surface area contributed by atoms with Crippen LogP contribution in [0.15, 0.2) is 36.1 Å². The molecule has 0 bridgehead atoms. The monoisotopic (exact) mass is 362 g/mol. The van der Waals surface area contributed by atoms with E-state index in [0.29, 0.717) is 0 Å². The maximum atomic E-state index is 10.5. The van der Waals surface area contributed by atoms with E-state index in [0.717, 1.165) is 18.2 Å². The molecule has 0 aromatic rings. The van der Waals surface area contributed by atoms with E-state index in [1.54, 1.807) is 0 Å². The van der Waals surface area contributed by atoms with Gasteiger partial charge in [-0.3, -0.25) is 0 Å². The van der Waals surface area contributed by atoms with Crippen molar-refractivity contribution < 1.29 is 29.6 Å². The first kappa shape index (κ1) is 16.5. The number of aliphatic hydroxyl groups is 1. The molecule has 0 aliphatic heterocycles. The number of hydrogen-bond donors (Lipinski definition) is 1. The summed E-state index contributed by atoms with van der Waals surface area (Å²) in [5, 5.41) is 30.2. The average molecular weight is 361 g/mol. The fourth-order valence-electron chi connectivity index (χ4n) is 1.10. The van der Waals surface area contributed by atoms with Gasteiger partial charge < -0.3 is 29.6 Å². The summed E-state index contributed by atoms with van der Waals surface area (Å²) >= 11 is 0. The number of aliphatic hydroxyl groups excluding tert-OH is 1. The molecule has 17 heavy (non-hydrogen) atoms. The fraction of sp³-hybridized carbons (Fsp3) is 0.200. The van der Waals surface area contributed by atoms with E-state index in [4.69, 9.17) is 4.74 Å². The van der Waals surface area contributed by atoms with Crippen LogP contribution in [0.3, 0.4) is 0 Å². The summed E-state index contributed by atoms with van der Waals surface area (Å²) in [5.41, 5.74) is -0.207. The average Bonchev–Trinajstić information content (AvgIpc) is 2.20. The molecule has 2 unspecified atom stereocenters. The van der Waals surface area contributed by atoms with Crippen molar-refractivity contribution in [1.29, 1.82) is 0 Å². The maximum absolute atomic E-state index is 10.5. The predicted molar refractivity (Wildman–Crippen MR) is 53.0 cm³/mol. The first-order valence-electron chi connectivity index (χ1n) is 4.28. The molecule has 0 amide bonds. The topological polar surface area (TPSA) is 110 Å². The number of hydrogen-bond acceptors (Lipinski definition) is 6. The van der Waals surface area contributed by atoms with Crippen molar-refractivity contribution >= 4 is 60.8 Å². The minimum atomic E-state index is -1.63. The summed E-state index contributed by atoms with van der Waals surface area (Å²) in [6.07, 6.45) is 1.04. The van der Waals surface area contributed by atoms with Gasteiger partial charge in [-0.1, -0.05) is 18.7 Å². The smallest absolute Gasteiger partial charge is 0.545 e. The molecule has 0 saturated carbocycles. The van der Waals surface area contributed by atoms with Crippen molar-refractivity contribution in [2.75, 3.05) is 0 Å². The number of rotatable bonds is 4. The van der Waals surface area contributed by atoms with Gasteiger partial charge in [0.15, 0.2) is 0 Å². The van der Waals surface area contributed by atoms with Crippen LogP contribution in [0.2, 0.25) is 0 Å². The summed E-state index contributed by atoms with van der Waals surface area (Å²) in [4.78, 5) is 20.8. The number of carbonyl (C=O) groups excluding carboxylic acids is 2. The Morgan fingerprint density at radius 3 is 2.47 bits per heavy atom. The Morgan fingerprint density at radius 2 is 2.00 bits per heavy atom. The molecule has 0 fully saturated rings. The molecule has 6 nitrogen and oxygen atoms in total. The van der Waals surface area contributed by atoms with E-state index >= 15 is 0 Å². The van der Waals surface area contributed by atoms with Gasteiger partial charge in [0.2, 0.25) is 0 Å². The molecule has 0 spiro atoms. The molecule has 0 saturated heterocycles. The zero-order chi connectivity index (χ0) is 12.3. The second-order valence-corrected chi connectivity index (χ2v) is 3.05. The number of ether oxygens (including phenoxy) is 1. The number of carbonyl (C=O) groups is 2. The van der Waals surface area contributed by atoms with Crippen LogP contribution < -0.4 is 10.2 Å². The van der Waals surface area contributed by atoms with Crippen LogP contribution in [0.5, 0.6) is 0 Å². The van der Waals surface area contributed by atoms with Gasteiger partial charge in [0.25, 0.3) is 0 Å². The van der Waals surface area contributed by atoms with E-state index in [-0.39, 0.29) is 54.5 Å². The minimum Gasteiger partial charge on any atom is -0.545 e. The van der Waals surface area contributed by atoms with Crippen LogP contribution in [-0.4, -0.2) is 78.1 Å². The third-order valence-electron chi connectivity index (χ3n) is 1.90. The minimum absolute atomic E-state index is 0. The molecule has 0 aromatic carbocycles. The van der Waals surface area contributed by atoms with Crippen LogP contribution in [0.1, 0.15) is 0 Å². The molecule has 1 rings (SSSR count). The normalized spacial score (nSPS) is 22.1. The fourth-order valence-corrected chi connectivity index (χ4v) is 1.10. The largest absolute Gasteiger partial charge is 2.00 e. The Balaban J connectivity index is 0.00000256. The van der Waals surface area contributed by atoms with Gasteiger partial charge in [0.05, 0.1) is 5.97 Å². The van der Waals surface area contributed by atoms with Gasteiger partial charge in [-0.15, -0.1) is 0 Å². The zero-order valence-corrected chi connectivity index (χ0v) is 13.2. The molecular formula is C10H8BaO6. The van der Waals surface area contributed by atoms with Crippen molar-refractivity contribution in [3.05, 3.63) is 36.1 Å². The van der Waals surface area contributed by atoms with E-state index in [2.05, 4.69) is 6.58 Å². The summed E-state index contributed by atoms with van der Waals surface area (Å²) in [5.74, 6) is -3.77. The summed E-state index contributed by atoms with van der Waals surface area (Å²) in [6.45, 7) is 3.04. The maximum Gasteiger partial charge on any atom is 2.00 e. The molecule has 0 radical (unpaired) electrons. The number of carboxylic acid groups (broad SMARTS) is 2. The van der Waals surface area contributed by atoms with E-state index < -0.39 is 29.9 Å². The second-order valence-electron chi connectivity index (χ2n) is 3.05. The van der Waals surface area contributed by atoms with Crippen LogP contribution in [0.25, 0.3) is 0 Å². The van der Waals surface area contributed by atoms with Crippen molar-refractivity contribution in [3.63, 3.8) is 0 Å². The third kappa shape index (κ3) is 4.70. The van der Waals surface area contributed by atoms with Crippen LogP contribution >= 0.6 is 0 Å². The zero-order valence-electron chi connectivity index (χ0n) is 8.79. The van der Waals surface area contributed by atoms with Crippen LogP contribution in [0, 0.1) is 0 Å². The Bertz CT molecular complexity index is 398. The standard InChI is InChI=1S/C10H10O6.Ba/c1-5(9(12)13)16-8-4-6(10(14)15)2-3-7(8)11;/h2-4,7-8,11H,1H2,(H,12,13)(H,14,15);/q;+2/p-2. The molecule has 7 heteroatoms. The van der Waals surface area contributed by atoms with Crippen LogP contribution in [-0.2, 0) is 14.3 Å². The summed E-state index contributed by atoms with van der Waals surface area (Å²) in [6, 6.07) is 0. The predicted octanol–water partition coefficient (Wildman–Crippen LogP) is -3.14. The van der Waals surface area contributed by atoms with Crippen molar-refractivity contribution in [2.24, 2.45) is 0 Å². The Hall–Kier alpha value is -0.509. The van der Waals surface area contributed by atoms with Gasteiger partial charge in [-0.2, -0.15) is 0 Å². The molecule has 0 aromatic heterocycles. The Labute approximate surface area is 137 Å². The number of aliphatic carboxylic acids is 2. The first-order valence-corrected chi connectivity index (χ1v) is 4.28. The van der Waals surface area contributed by atoms with Crippen LogP contribution in [0.4, 0.5) is 0 Å². The Morgan fingerprint density at radius 1 is 1.41 bits per heavy atom. The SMILES string of the molecule is C=C(OC1C=C(C(=O)[O-])C=CC1O)C(=O)[O-].[Ba+2]. The van der Waals surface area contributed by atoms with Gasteiger partial charge in [-0.25, -0.2) is 0 Å². The summed E-state index contributed by atoms with van der Waals surface area (Å²) in [7, 11) is 0. The molecule has 1 aliphatic rings. The Kier molecular flexibility index (Phi) is 6.83.